The Bertz CT molecular complexity index is 1330. The van der Waals surface area contributed by atoms with Crippen LogP contribution in [0.25, 0.3) is 5.57 Å². The second-order valence-corrected chi connectivity index (χ2v) is 8.51. The fourth-order valence-corrected chi connectivity index (χ4v) is 4.36. The SMILES string of the molecule is O=C(Cc1ccc(F)cc1)Nc1nc2c(nc1Cc1ccccc1)C1=C(C=C(O)C=CC1)CC2. The Morgan fingerprint density at radius 3 is 2.59 bits per heavy atom. The number of carbonyl (C=O) groups is 1. The van der Waals surface area contributed by atoms with Crippen LogP contribution in [0.3, 0.4) is 0 Å². The Morgan fingerprint density at radius 2 is 1.79 bits per heavy atom. The van der Waals surface area contributed by atoms with Gasteiger partial charge in [0.2, 0.25) is 5.91 Å². The summed E-state index contributed by atoms with van der Waals surface area (Å²) in [6.07, 6.45) is 8.18. The van der Waals surface area contributed by atoms with Crippen molar-refractivity contribution in [3.05, 3.63) is 118 Å². The van der Waals surface area contributed by atoms with Crippen LogP contribution < -0.4 is 5.32 Å². The number of rotatable bonds is 5. The van der Waals surface area contributed by atoms with Gasteiger partial charge in [0.15, 0.2) is 5.82 Å². The minimum atomic E-state index is -0.333. The van der Waals surface area contributed by atoms with Crippen LogP contribution in [0, 0.1) is 5.82 Å². The minimum absolute atomic E-state index is 0.119. The third-order valence-corrected chi connectivity index (χ3v) is 6.03. The summed E-state index contributed by atoms with van der Waals surface area (Å²) in [6.45, 7) is 0. The molecule has 0 saturated heterocycles. The number of nitrogens with zero attached hydrogens (tertiary/aromatic N) is 2. The maximum Gasteiger partial charge on any atom is 0.229 e. The van der Waals surface area contributed by atoms with Crippen LogP contribution in [0.2, 0.25) is 0 Å². The number of aliphatic hydroxyl groups is 1. The van der Waals surface area contributed by atoms with Crippen LogP contribution >= 0.6 is 0 Å². The molecule has 1 amide bonds. The second kappa shape index (κ2) is 9.43. The maximum absolute atomic E-state index is 13.2. The number of nitrogens with one attached hydrogen (secondary N) is 1. The Labute approximate surface area is 197 Å². The molecule has 2 N–H and O–H groups in total. The Hall–Kier alpha value is -4.06. The summed E-state index contributed by atoms with van der Waals surface area (Å²) >= 11 is 0. The first-order valence-electron chi connectivity index (χ1n) is 11.3. The standard InChI is InChI=1S/C28H24FN3O2/c29-21-12-9-19(10-13-21)16-26(34)32-28-25(15-18-5-2-1-3-6-18)30-27-23-8-4-7-22(33)17-20(23)11-14-24(27)31-28/h1-7,9-10,12-13,17,33H,8,11,14-16H2,(H,31,32,34). The molecule has 5 nitrogen and oxygen atoms in total. The van der Waals surface area contributed by atoms with Crippen LogP contribution in [0.5, 0.6) is 0 Å². The summed E-state index contributed by atoms with van der Waals surface area (Å²) in [4.78, 5) is 22.7. The number of hydrogen-bond donors (Lipinski definition) is 2. The van der Waals surface area contributed by atoms with E-state index in [0.717, 1.165) is 40.1 Å². The summed E-state index contributed by atoms with van der Waals surface area (Å²) in [5, 5.41) is 13.0. The van der Waals surface area contributed by atoms with Gasteiger partial charge in [-0.2, -0.15) is 0 Å². The van der Waals surface area contributed by atoms with Gasteiger partial charge in [0.25, 0.3) is 0 Å². The number of carbonyl (C=O) groups excluding carboxylic acids is 1. The molecule has 2 aliphatic carbocycles. The lowest BCUT2D eigenvalue weighted by molar-refractivity contribution is -0.115. The van der Waals surface area contributed by atoms with Crippen LogP contribution in [0.4, 0.5) is 10.2 Å². The van der Waals surface area contributed by atoms with E-state index < -0.39 is 0 Å². The highest BCUT2D eigenvalue weighted by Crippen LogP contribution is 2.36. The van der Waals surface area contributed by atoms with Crippen molar-refractivity contribution >= 4 is 17.3 Å². The Morgan fingerprint density at radius 1 is 1.00 bits per heavy atom. The van der Waals surface area contributed by atoms with E-state index >= 15 is 0 Å². The van der Waals surface area contributed by atoms with Crippen LogP contribution in [0.15, 0.2) is 84.2 Å². The van der Waals surface area contributed by atoms with Crippen molar-refractivity contribution < 1.29 is 14.3 Å². The minimum Gasteiger partial charge on any atom is -0.508 e. The van der Waals surface area contributed by atoms with Gasteiger partial charge in [0.05, 0.1) is 23.5 Å². The molecule has 3 aromatic rings. The topological polar surface area (TPSA) is 75.1 Å². The second-order valence-electron chi connectivity index (χ2n) is 8.51. The molecule has 0 atom stereocenters. The molecule has 0 aliphatic heterocycles. The van der Waals surface area contributed by atoms with Gasteiger partial charge in [-0.05, 0) is 65.8 Å². The quantitative estimate of drug-likeness (QED) is 0.536. The molecule has 34 heavy (non-hydrogen) atoms. The lowest BCUT2D eigenvalue weighted by Crippen LogP contribution is -2.20. The van der Waals surface area contributed by atoms with Crippen molar-refractivity contribution in [3.63, 3.8) is 0 Å². The fraction of sp³-hybridized carbons (Fsp3) is 0.179. The number of benzene rings is 2. The predicted molar refractivity (Wildman–Crippen MR) is 130 cm³/mol. The van der Waals surface area contributed by atoms with E-state index in [4.69, 9.17) is 9.97 Å². The smallest absolute Gasteiger partial charge is 0.229 e. The molecular formula is C28H24FN3O2. The van der Waals surface area contributed by atoms with Gasteiger partial charge < -0.3 is 10.4 Å². The monoisotopic (exact) mass is 453 g/mol. The van der Waals surface area contributed by atoms with E-state index in [1.54, 1.807) is 24.3 Å². The van der Waals surface area contributed by atoms with Crippen LogP contribution in [-0.2, 0) is 24.1 Å². The number of anilines is 1. The molecule has 2 aromatic carbocycles. The molecule has 0 spiro atoms. The van der Waals surface area contributed by atoms with E-state index in [1.807, 2.05) is 36.4 Å². The first-order valence-corrected chi connectivity index (χ1v) is 11.3. The number of allylic oxidation sites excluding steroid dienone is 5. The number of aryl methyl sites for hydroxylation is 1. The summed E-state index contributed by atoms with van der Waals surface area (Å²) in [7, 11) is 0. The predicted octanol–water partition coefficient (Wildman–Crippen LogP) is 5.49. The summed E-state index contributed by atoms with van der Waals surface area (Å²) < 4.78 is 13.2. The molecule has 5 rings (SSSR count). The van der Waals surface area contributed by atoms with E-state index in [-0.39, 0.29) is 23.9 Å². The van der Waals surface area contributed by atoms with Gasteiger partial charge in [0.1, 0.15) is 11.6 Å². The summed E-state index contributed by atoms with van der Waals surface area (Å²) in [5.74, 6) is 0.146. The van der Waals surface area contributed by atoms with Crippen molar-refractivity contribution in [2.24, 2.45) is 0 Å². The van der Waals surface area contributed by atoms with Crippen LogP contribution in [-0.4, -0.2) is 21.0 Å². The summed E-state index contributed by atoms with van der Waals surface area (Å²) in [5.41, 5.74) is 6.29. The number of amides is 1. The molecule has 0 bridgehead atoms. The van der Waals surface area contributed by atoms with E-state index in [1.165, 1.54) is 12.1 Å². The fourth-order valence-electron chi connectivity index (χ4n) is 4.36. The highest BCUT2D eigenvalue weighted by Gasteiger charge is 2.24. The Kier molecular flexibility index (Phi) is 6.04. The van der Waals surface area contributed by atoms with E-state index in [0.29, 0.717) is 30.8 Å². The van der Waals surface area contributed by atoms with Crippen molar-refractivity contribution in [2.75, 3.05) is 5.32 Å². The highest BCUT2D eigenvalue weighted by molar-refractivity contribution is 5.92. The number of hydrogen-bond acceptors (Lipinski definition) is 4. The lowest BCUT2D eigenvalue weighted by Gasteiger charge is -2.22. The third kappa shape index (κ3) is 4.81. The third-order valence-electron chi connectivity index (χ3n) is 6.03. The molecule has 2 aliphatic rings. The van der Waals surface area contributed by atoms with Crippen molar-refractivity contribution in [3.8, 4) is 0 Å². The molecule has 0 radical (unpaired) electrons. The van der Waals surface area contributed by atoms with Crippen LogP contribution in [0.1, 0.15) is 41.1 Å². The highest BCUT2D eigenvalue weighted by atomic mass is 19.1. The van der Waals surface area contributed by atoms with Crippen molar-refractivity contribution in [1.82, 2.24) is 9.97 Å². The molecule has 0 fully saturated rings. The van der Waals surface area contributed by atoms with Gasteiger partial charge in [-0.3, -0.25) is 4.79 Å². The van der Waals surface area contributed by atoms with Gasteiger partial charge in [-0.1, -0.05) is 48.5 Å². The molecule has 0 saturated carbocycles. The Balaban J connectivity index is 1.50. The first kappa shape index (κ1) is 21.8. The summed E-state index contributed by atoms with van der Waals surface area (Å²) in [6, 6.07) is 15.8. The molecule has 0 unspecified atom stereocenters. The van der Waals surface area contributed by atoms with E-state index in [9.17, 15) is 14.3 Å². The number of aromatic nitrogens is 2. The van der Waals surface area contributed by atoms with Gasteiger partial charge in [-0.15, -0.1) is 0 Å². The zero-order chi connectivity index (χ0) is 23.5. The number of aliphatic hydroxyl groups excluding tert-OH is 1. The lowest BCUT2D eigenvalue weighted by atomic mass is 9.90. The molecule has 1 heterocycles. The molecule has 170 valence electrons. The zero-order valence-electron chi connectivity index (χ0n) is 18.6. The molecule has 1 aromatic heterocycles. The number of halogens is 1. The van der Waals surface area contributed by atoms with Gasteiger partial charge in [0, 0.05) is 6.42 Å². The zero-order valence-corrected chi connectivity index (χ0v) is 18.6. The van der Waals surface area contributed by atoms with E-state index in [2.05, 4.69) is 5.32 Å². The molecule has 6 heteroatoms. The first-order chi connectivity index (χ1) is 16.5. The van der Waals surface area contributed by atoms with Crippen molar-refractivity contribution in [2.45, 2.75) is 32.1 Å². The average Bonchev–Trinajstić information content (AvgIpc) is 3.02. The normalized spacial score (nSPS) is 14.7. The van der Waals surface area contributed by atoms with Gasteiger partial charge in [-0.25, -0.2) is 14.4 Å². The largest absolute Gasteiger partial charge is 0.508 e. The molecular weight excluding hydrogens is 429 g/mol. The maximum atomic E-state index is 13.2. The average molecular weight is 454 g/mol. The van der Waals surface area contributed by atoms with Crippen molar-refractivity contribution in [1.29, 1.82) is 0 Å². The number of fused-ring (bicyclic) bond motifs is 2. The van der Waals surface area contributed by atoms with Gasteiger partial charge >= 0.3 is 0 Å².